The van der Waals surface area contributed by atoms with Crippen molar-refractivity contribution >= 4 is 50.7 Å². The van der Waals surface area contributed by atoms with Gasteiger partial charge in [0.2, 0.25) is 0 Å². The van der Waals surface area contributed by atoms with Crippen LogP contribution >= 0.6 is 39.1 Å². The van der Waals surface area contributed by atoms with Crippen LogP contribution < -0.4 is 10.1 Å². The predicted molar refractivity (Wildman–Crippen MR) is 84.7 cm³/mol. The van der Waals surface area contributed by atoms with Crippen LogP contribution in [0.25, 0.3) is 0 Å². The Balaban J connectivity index is 1.94. The molecule has 1 amide bonds. The summed E-state index contributed by atoms with van der Waals surface area (Å²) in [5, 5.41) is 3.69. The molecule has 6 heteroatoms. The molecule has 0 saturated carbocycles. The van der Waals surface area contributed by atoms with Gasteiger partial charge in [-0.1, -0.05) is 45.2 Å². The van der Waals surface area contributed by atoms with Gasteiger partial charge in [-0.2, -0.15) is 0 Å². The first-order valence-electron chi connectivity index (χ1n) is 5.68. The second kappa shape index (κ2) is 6.97. The van der Waals surface area contributed by atoms with E-state index in [1.54, 1.807) is 42.5 Å². The van der Waals surface area contributed by atoms with E-state index in [1.165, 1.54) is 0 Å². The van der Waals surface area contributed by atoms with Crippen LogP contribution in [0.3, 0.4) is 0 Å². The number of amides is 1. The van der Waals surface area contributed by atoms with Gasteiger partial charge in [-0.3, -0.25) is 4.79 Å². The van der Waals surface area contributed by atoms with Crippen LogP contribution in [-0.2, 0) is 4.79 Å². The molecule has 20 heavy (non-hydrogen) atoms. The summed E-state index contributed by atoms with van der Waals surface area (Å²) in [5.74, 6) is 0.158. The van der Waals surface area contributed by atoms with E-state index in [-0.39, 0.29) is 12.5 Å². The first-order chi connectivity index (χ1) is 9.54. The van der Waals surface area contributed by atoms with Gasteiger partial charge < -0.3 is 10.1 Å². The number of nitrogens with one attached hydrogen (secondary N) is 1. The number of ether oxygens (including phenoxy) is 1. The quantitative estimate of drug-likeness (QED) is 0.836. The van der Waals surface area contributed by atoms with Crippen molar-refractivity contribution in [3.63, 3.8) is 0 Å². The molecule has 1 N–H and O–H groups in total. The van der Waals surface area contributed by atoms with Crippen molar-refractivity contribution in [1.29, 1.82) is 0 Å². The Bertz CT molecular complexity index is 634. The third kappa shape index (κ3) is 4.40. The van der Waals surface area contributed by atoms with E-state index in [0.29, 0.717) is 21.5 Å². The van der Waals surface area contributed by atoms with Gasteiger partial charge in [0.1, 0.15) is 5.75 Å². The molecule has 0 aliphatic heterocycles. The van der Waals surface area contributed by atoms with Crippen molar-refractivity contribution in [1.82, 2.24) is 0 Å². The number of hydrogen-bond donors (Lipinski definition) is 1. The monoisotopic (exact) mass is 373 g/mol. The van der Waals surface area contributed by atoms with Gasteiger partial charge in [0.15, 0.2) is 6.61 Å². The molecule has 0 fully saturated rings. The summed E-state index contributed by atoms with van der Waals surface area (Å²) in [5.41, 5.74) is 0.617. The fourth-order valence-corrected chi connectivity index (χ4v) is 2.20. The second-order valence-electron chi connectivity index (χ2n) is 3.92. The van der Waals surface area contributed by atoms with E-state index in [4.69, 9.17) is 27.9 Å². The van der Waals surface area contributed by atoms with Crippen LogP contribution in [0.15, 0.2) is 46.9 Å². The molecule has 0 unspecified atom stereocenters. The lowest BCUT2D eigenvalue weighted by atomic mass is 10.3. The molecule has 0 aliphatic carbocycles. The summed E-state index contributed by atoms with van der Waals surface area (Å²) in [6, 6.07) is 12.1. The van der Waals surface area contributed by atoms with E-state index >= 15 is 0 Å². The zero-order valence-corrected chi connectivity index (χ0v) is 13.3. The number of benzene rings is 2. The number of carbonyl (C=O) groups excluding carboxylic acids is 1. The van der Waals surface area contributed by atoms with Crippen molar-refractivity contribution in [2.24, 2.45) is 0 Å². The number of anilines is 1. The highest BCUT2D eigenvalue weighted by Gasteiger charge is 2.07. The third-order valence-electron chi connectivity index (χ3n) is 2.36. The molecule has 0 heterocycles. The van der Waals surface area contributed by atoms with Gasteiger partial charge in [0.05, 0.1) is 5.02 Å². The van der Waals surface area contributed by atoms with Crippen molar-refractivity contribution in [2.75, 3.05) is 11.9 Å². The topological polar surface area (TPSA) is 38.3 Å². The maximum Gasteiger partial charge on any atom is 0.262 e. The Morgan fingerprint density at radius 1 is 1.20 bits per heavy atom. The first kappa shape index (κ1) is 15.2. The summed E-state index contributed by atoms with van der Waals surface area (Å²) in [6.07, 6.45) is 0. The molecular formula is C14H10BrCl2NO2. The smallest absolute Gasteiger partial charge is 0.262 e. The summed E-state index contributed by atoms with van der Waals surface area (Å²) in [4.78, 5) is 11.8. The van der Waals surface area contributed by atoms with Crippen molar-refractivity contribution in [2.45, 2.75) is 0 Å². The maximum atomic E-state index is 11.8. The first-order valence-corrected chi connectivity index (χ1v) is 7.23. The minimum Gasteiger partial charge on any atom is -0.482 e. The SMILES string of the molecule is O=C(COc1cc(Br)ccc1Cl)Nc1cccc(Cl)c1. The Morgan fingerprint density at radius 2 is 2.00 bits per heavy atom. The number of hydrogen-bond acceptors (Lipinski definition) is 2. The Kier molecular flexibility index (Phi) is 5.29. The predicted octanol–water partition coefficient (Wildman–Crippen LogP) is 4.77. The molecule has 0 radical (unpaired) electrons. The van der Waals surface area contributed by atoms with Gasteiger partial charge in [-0.15, -0.1) is 0 Å². The van der Waals surface area contributed by atoms with Gasteiger partial charge in [-0.25, -0.2) is 0 Å². The van der Waals surface area contributed by atoms with Gasteiger partial charge in [0.25, 0.3) is 5.91 Å². The molecule has 3 nitrogen and oxygen atoms in total. The van der Waals surface area contributed by atoms with E-state index in [0.717, 1.165) is 4.47 Å². The molecule has 0 aromatic heterocycles. The lowest BCUT2D eigenvalue weighted by Crippen LogP contribution is -2.20. The van der Waals surface area contributed by atoms with Crippen LogP contribution in [0.1, 0.15) is 0 Å². The molecule has 2 aromatic rings. The molecule has 104 valence electrons. The Morgan fingerprint density at radius 3 is 2.75 bits per heavy atom. The third-order valence-corrected chi connectivity index (χ3v) is 3.40. The van der Waals surface area contributed by atoms with Crippen molar-refractivity contribution in [3.8, 4) is 5.75 Å². The average molecular weight is 375 g/mol. The van der Waals surface area contributed by atoms with Gasteiger partial charge in [-0.05, 0) is 36.4 Å². The number of rotatable bonds is 4. The zero-order chi connectivity index (χ0) is 14.5. The summed E-state index contributed by atoms with van der Waals surface area (Å²) in [6.45, 7) is -0.136. The number of halogens is 3. The second-order valence-corrected chi connectivity index (χ2v) is 5.68. The molecule has 0 saturated heterocycles. The Labute approximate surface area is 135 Å². The Hall–Kier alpha value is -1.23. The summed E-state index contributed by atoms with van der Waals surface area (Å²) >= 11 is 15.1. The lowest BCUT2D eigenvalue weighted by molar-refractivity contribution is -0.118. The van der Waals surface area contributed by atoms with Crippen LogP contribution in [0.5, 0.6) is 5.75 Å². The molecule has 0 atom stereocenters. The lowest BCUT2D eigenvalue weighted by Gasteiger charge is -2.09. The summed E-state index contributed by atoms with van der Waals surface area (Å²) < 4.78 is 6.20. The normalized spacial score (nSPS) is 10.2. The highest BCUT2D eigenvalue weighted by molar-refractivity contribution is 9.10. The molecule has 0 spiro atoms. The highest BCUT2D eigenvalue weighted by atomic mass is 79.9. The number of carbonyl (C=O) groups is 1. The van der Waals surface area contributed by atoms with Gasteiger partial charge >= 0.3 is 0 Å². The average Bonchev–Trinajstić information content (AvgIpc) is 2.40. The molecule has 2 rings (SSSR count). The molecule has 2 aromatic carbocycles. The minimum absolute atomic E-state index is 0.136. The van der Waals surface area contributed by atoms with E-state index < -0.39 is 0 Å². The molecular weight excluding hydrogens is 365 g/mol. The van der Waals surface area contributed by atoms with Crippen LogP contribution in [0.4, 0.5) is 5.69 Å². The maximum absolute atomic E-state index is 11.8. The van der Waals surface area contributed by atoms with Crippen LogP contribution in [0, 0.1) is 0 Å². The van der Waals surface area contributed by atoms with E-state index in [9.17, 15) is 4.79 Å². The van der Waals surface area contributed by atoms with E-state index in [1.807, 2.05) is 0 Å². The standard InChI is InChI=1S/C14H10BrCl2NO2/c15-9-4-5-12(17)13(6-9)20-8-14(19)18-11-3-1-2-10(16)7-11/h1-7H,8H2,(H,18,19). The van der Waals surface area contributed by atoms with Crippen molar-refractivity contribution in [3.05, 3.63) is 57.0 Å². The minimum atomic E-state index is -0.289. The van der Waals surface area contributed by atoms with Gasteiger partial charge in [0, 0.05) is 15.2 Å². The van der Waals surface area contributed by atoms with Crippen LogP contribution in [-0.4, -0.2) is 12.5 Å². The molecule has 0 bridgehead atoms. The van der Waals surface area contributed by atoms with Crippen LogP contribution in [0.2, 0.25) is 10.0 Å². The summed E-state index contributed by atoms with van der Waals surface area (Å²) in [7, 11) is 0. The van der Waals surface area contributed by atoms with Crippen molar-refractivity contribution < 1.29 is 9.53 Å². The fourth-order valence-electron chi connectivity index (χ4n) is 1.49. The molecule has 0 aliphatic rings. The fraction of sp³-hybridized carbons (Fsp3) is 0.0714. The highest BCUT2D eigenvalue weighted by Crippen LogP contribution is 2.27. The largest absolute Gasteiger partial charge is 0.482 e. The zero-order valence-electron chi connectivity index (χ0n) is 10.2. The van der Waals surface area contributed by atoms with E-state index in [2.05, 4.69) is 21.2 Å².